The number of aromatic nitrogens is 2. The minimum Gasteiger partial charge on any atom is -0.354 e. The maximum absolute atomic E-state index is 5.97. The van der Waals surface area contributed by atoms with Gasteiger partial charge in [-0.05, 0) is 28.8 Å². The highest BCUT2D eigenvalue weighted by Crippen LogP contribution is 2.08. The van der Waals surface area contributed by atoms with Gasteiger partial charge in [-0.2, -0.15) is 0 Å². The van der Waals surface area contributed by atoms with Gasteiger partial charge in [0.2, 0.25) is 5.95 Å². The Labute approximate surface area is 97.4 Å². The molecule has 1 rings (SSSR count). The van der Waals surface area contributed by atoms with Crippen molar-refractivity contribution < 1.29 is 0 Å². The lowest BCUT2D eigenvalue weighted by atomic mass is 10.2. The molecule has 14 heavy (non-hydrogen) atoms. The molecule has 0 aliphatic heterocycles. The van der Waals surface area contributed by atoms with Crippen molar-refractivity contribution in [2.45, 2.75) is 25.1 Å². The van der Waals surface area contributed by atoms with Crippen molar-refractivity contribution in [1.82, 2.24) is 9.97 Å². The van der Waals surface area contributed by atoms with Gasteiger partial charge < -0.3 is 5.32 Å². The van der Waals surface area contributed by atoms with Crippen molar-refractivity contribution in [3.05, 3.63) is 16.9 Å². The van der Waals surface area contributed by atoms with E-state index in [9.17, 15) is 0 Å². The lowest BCUT2D eigenvalue weighted by molar-refractivity contribution is 0.750. The summed E-state index contributed by atoms with van der Waals surface area (Å²) in [6.45, 7) is 2.89. The van der Waals surface area contributed by atoms with Gasteiger partial charge in [0.05, 0.1) is 4.47 Å². The van der Waals surface area contributed by atoms with Gasteiger partial charge in [0, 0.05) is 24.3 Å². The molecule has 0 radical (unpaired) electrons. The van der Waals surface area contributed by atoms with Crippen LogP contribution in [-0.2, 0) is 0 Å². The molecule has 1 aromatic rings. The van der Waals surface area contributed by atoms with Gasteiger partial charge in [-0.15, -0.1) is 11.6 Å². The normalized spacial score (nSPS) is 12.5. The molecule has 0 fully saturated rings. The highest BCUT2D eigenvalue weighted by atomic mass is 79.9. The van der Waals surface area contributed by atoms with Gasteiger partial charge in [-0.25, -0.2) is 9.97 Å². The summed E-state index contributed by atoms with van der Waals surface area (Å²) in [7, 11) is 0. The standard InChI is InChI=1S/C9H13BrClN3/c1-2-8(11)3-4-12-9-13-5-7(10)6-14-9/h5-6,8H,2-4H2,1H3,(H,12,13,14). The number of hydrogen-bond donors (Lipinski definition) is 1. The maximum Gasteiger partial charge on any atom is 0.222 e. The molecule has 78 valence electrons. The van der Waals surface area contributed by atoms with Crippen LogP contribution >= 0.6 is 27.5 Å². The molecule has 1 heterocycles. The predicted octanol–water partition coefficient (Wildman–Crippen LogP) is 3.06. The lowest BCUT2D eigenvalue weighted by Gasteiger charge is -2.07. The first-order chi connectivity index (χ1) is 6.72. The molecule has 0 aromatic carbocycles. The van der Waals surface area contributed by atoms with Crippen LogP contribution in [0.3, 0.4) is 0 Å². The van der Waals surface area contributed by atoms with Crippen LogP contribution < -0.4 is 5.32 Å². The van der Waals surface area contributed by atoms with Gasteiger partial charge in [0.25, 0.3) is 0 Å². The summed E-state index contributed by atoms with van der Waals surface area (Å²) in [4.78, 5) is 8.18. The second-order valence-corrected chi connectivity index (χ2v) is 4.48. The second-order valence-electron chi connectivity index (χ2n) is 2.95. The number of alkyl halides is 1. The van der Waals surface area contributed by atoms with Crippen molar-refractivity contribution in [2.24, 2.45) is 0 Å². The average molecular weight is 279 g/mol. The molecule has 1 aromatic heterocycles. The van der Waals surface area contributed by atoms with Crippen molar-refractivity contribution in [3.63, 3.8) is 0 Å². The van der Waals surface area contributed by atoms with Crippen molar-refractivity contribution in [1.29, 1.82) is 0 Å². The molecular weight excluding hydrogens is 265 g/mol. The average Bonchev–Trinajstić information content (AvgIpc) is 2.21. The van der Waals surface area contributed by atoms with E-state index in [-0.39, 0.29) is 5.38 Å². The molecule has 3 nitrogen and oxygen atoms in total. The number of rotatable bonds is 5. The van der Waals surface area contributed by atoms with E-state index in [0.29, 0.717) is 5.95 Å². The summed E-state index contributed by atoms with van der Waals surface area (Å²) in [5, 5.41) is 3.34. The Morgan fingerprint density at radius 1 is 1.50 bits per heavy atom. The fourth-order valence-electron chi connectivity index (χ4n) is 0.948. The number of nitrogens with zero attached hydrogens (tertiary/aromatic N) is 2. The van der Waals surface area contributed by atoms with Crippen LogP contribution in [0.4, 0.5) is 5.95 Å². The van der Waals surface area contributed by atoms with E-state index < -0.39 is 0 Å². The van der Waals surface area contributed by atoms with Crippen LogP contribution in [0.15, 0.2) is 16.9 Å². The van der Waals surface area contributed by atoms with E-state index in [1.54, 1.807) is 12.4 Å². The van der Waals surface area contributed by atoms with Gasteiger partial charge >= 0.3 is 0 Å². The fourth-order valence-corrected chi connectivity index (χ4v) is 1.26. The molecule has 0 saturated carbocycles. The van der Waals surface area contributed by atoms with E-state index in [4.69, 9.17) is 11.6 Å². The molecule has 0 aliphatic rings. The molecule has 1 atom stereocenters. The van der Waals surface area contributed by atoms with E-state index in [1.165, 1.54) is 0 Å². The summed E-state index contributed by atoms with van der Waals surface area (Å²) in [5.41, 5.74) is 0. The van der Waals surface area contributed by atoms with Gasteiger partial charge in [-0.3, -0.25) is 0 Å². The van der Waals surface area contributed by atoms with Crippen LogP contribution in [0, 0.1) is 0 Å². The van der Waals surface area contributed by atoms with Crippen molar-refractivity contribution in [2.75, 3.05) is 11.9 Å². The quantitative estimate of drug-likeness (QED) is 0.841. The topological polar surface area (TPSA) is 37.8 Å². The number of nitrogens with one attached hydrogen (secondary N) is 1. The van der Waals surface area contributed by atoms with E-state index in [1.807, 2.05) is 0 Å². The van der Waals surface area contributed by atoms with Crippen molar-refractivity contribution in [3.8, 4) is 0 Å². The third kappa shape index (κ3) is 4.24. The minimum atomic E-state index is 0.234. The van der Waals surface area contributed by atoms with Crippen LogP contribution in [0.25, 0.3) is 0 Å². The van der Waals surface area contributed by atoms with Crippen LogP contribution in [-0.4, -0.2) is 21.9 Å². The molecule has 0 amide bonds. The fraction of sp³-hybridized carbons (Fsp3) is 0.556. The number of hydrogen-bond acceptors (Lipinski definition) is 3. The minimum absolute atomic E-state index is 0.234. The van der Waals surface area contributed by atoms with Crippen LogP contribution in [0.1, 0.15) is 19.8 Å². The highest BCUT2D eigenvalue weighted by Gasteiger charge is 2.01. The molecule has 1 unspecified atom stereocenters. The smallest absolute Gasteiger partial charge is 0.222 e. The molecular formula is C9H13BrClN3. The number of halogens is 2. The largest absolute Gasteiger partial charge is 0.354 e. The lowest BCUT2D eigenvalue weighted by Crippen LogP contribution is -2.09. The maximum atomic E-state index is 5.97. The van der Waals surface area contributed by atoms with E-state index in [2.05, 4.69) is 38.1 Å². The molecule has 0 spiro atoms. The van der Waals surface area contributed by atoms with Crippen molar-refractivity contribution >= 4 is 33.5 Å². The molecule has 0 saturated heterocycles. The Hall–Kier alpha value is -0.350. The Morgan fingerprint density at radius 2 is 2.14 bits per heavy atom. The van der Waals surface area contributed by atoms with E-state index in [0.717, 1.165) is 23.9 Å². The van der Waals surface area contributed by atoms with Crippen LogP contribution in [0.2, 0.25) is 0 Å². The van der Waals surface area contributed by atoms with Gasteiger partial charge in [-0.1, -0.05) is 6.92 Å². The summed E-state index contributed by atoms with van der Waals surface area (Å²) in [5.74, 6) is 0.646. The SMILES string of the molecule is CCC(Cl)CCNc1ncc(Br)cn1. The second kappa shape index (κ2) is 6.19. The summed E-state index contributed by atoms with van der Waals surface area (Å²) in [6.07, 6.45) is 5.35. The first-order valence-corrected chi connectivity index (χ1v) is 5.80. The third-order valence-electron chi connectivity index (χ3n) is 1.80. The Morgan fingerprint density at radius 3 is 2.71 bits per heavy atom. The molecule has 5 heteroatoms. The molecule has 0 aliphatic carbocycles. The predicted molar refractivity (Wildman–Crippen MR) is 62.8 cm³/mol. The zero-order valence-corrected chi connectivity index (χ0v) is 10.3. The van der Waals surface area contributed by atoms with Gasteiger partial charge in [0.1, 0.15) is 0 Å². The summed E-state index contributed by atoms with van der Waals surface area (Å²) in [6, 6.07) is 0. The first kappa shape index (κ1) is 11.7. The van der Waals surface area contributed by atoms with E-state index >= 15 is 0 Å². The Bertz CT molecular complexity index is 265. The van der Waals surface area contributed by atoms with Gasteiger partial charge in [0.15, 0.2) is 0 Å². The first-order valence-electron chi connectivity index (χ1n) is 4.58. The third-order valence-corrected chi connectivity index (χ3v) is 2.74. The zero-order chi connectivity index (χ0) is 10.4. The number of anilines is 1. The van der Waals surface area contributed by atoms with Crippen LogP contribution in [0.5, 0.6) is 0 Å². The summed E-state index contributed by atoms with van der Waals surface area (Å²) < 4.78 is 0.881. The summed E-state index contributed by atoms with van der Waals surface area (Å²) >= 11 is 9.24. The highest BCUT2D eigenvalue weighted by molar-refractivity contribution is 9.10. The zero-order valence-electron chi connectivity index (χ0n) is 8.00. The molecule has 0 bridgehead atoms. The monoisotopic (exact) mass is 277 g/mol. The Balaban J connectivity index is 2.28. The Kier molecular flexibility index (Phi) is 5.19. The molecule has 1 N–H and O–H groups in total.